The normalized spacial score (nSPS) is 22.5. The molecular weight excluding hydrogens is 316 g/mol. The predicted octanol–water partition coefficient (Wildman–Crippen LogP) is 1.45. The van der Waals surface area contributed by atoms with E-state index in [9.17, 15) is 14.9 Å². The molecule has 7 nitrogen and oxygen atoms in total. The molecule has 0 aliphatic carbocycles. The molecule has 2 rings (SSSR count). The van der Waals surface area contributed by atoms with Gasteiger partial charge in [-0.25, -0.2) is 4.98 Å². The lowest BCUT2D eigenvalue weighted by Crippen LogP contribution is -2.37. The van der Waals surface area contributed by atoms with Crippen LogP contribution in [-0.2, 0) is 4.79 Å². The van der Waals surface area contributed by atoms with Crippen LogP contribution in [0.15, 0.2) is 16.7 Å². The molecule has 2 N–H and O–H groups in total. The number of aromatic nitrogens is 1. The number of hydrogen-bond acceptors (Lipinski definition) is 5. The van der Waals surface area contributed by atoms with E-state index in [4.69, 9.17) is 5.73 Å². The number of nitrogens with zero attached hydrogens (tertiary/aromatic N) is 3. The Balaban J connectivity index is 2.34. The van der Waals surface area contributed by atoms with E-state index in [2.05, 4.69) is 20.9 Å². The summed E-state index contributed by atoms with van der Waals surface area (Å²) in [5.41, 5.74) is 4.62. The van der Waals surface area contributed by atoms with Crippen molar-refractivity contribution in [1.29, 1.82) is 0 Å². The monoisotopic (exact) mass is 328 g/mol. The molecule has 0 aromatic carbocycles. The summed E-state index contributed by atoms with van der Waals surface area (Å²) in [6.07, 6.45) is 2.07. The number of hydrogen-bond donors (Lipinski definition) is 1. The first kappa shape index (κ1) is 13.7. The fourth-order valence-electron chi connectivity index (χ4n) is 2.14. The van der Waals surface area contributed by atoms with Crippen LogP contribution in [0.2, 0.25) is 0 Å². The van der Waals surface area contributed by atoms with Gasteiger partial charge in [-0.3, -0.25) is 14.9 Å². The van der Waals surface area contributed by atoms with Gasteiger partial charge in [0.25, 0.3) is 0 Å². The summed E-state index contributed by atoms with van der Waals surface area (Å²) in [6.45, 7) is 2.63. The predicted molar refractivity (Wildman–Crippen MR) is 72.7 cm³/mol. The fourth-order valence-corrected chi connectivity index (χ4v) is 2.46. The van der Waals surface area contributed by atoms with Gasteiger partial charge in [0.2, 0.25) is 11.7 Å². The van der Waals surface area contributed by atoms with Crippen LogP contribution in [0.1, 0.15) is 13.3 Å². The van der Waals surface area contributed by atoms with Gasteiger partial charge in [-0.2, -0.15) is 0 Å². The molecular formula is C11H13BrN4O3. The average Bonchev–Trinajstić information content (AvgIpc) is 2.73. The fraction of sp³-hybridized carbons (Fsp3) is 0.455. The topological polar surface area (TPSA) is 102 Å². The second-order valence-corrected chi connectivity index (χ2v) is 5.77. The minimum Gasteiger partial charge on any atom is -0.369 e. The summed E-state index contributed by atoms with van der Waals surface area (Å²) in [5.74, 6) is -0.118. The number of nitro groups is 1. The third-order valence-corrected chi connectivity index (χ3v) is 3.81. The molecule has 1 fully saturated rings. The van der Waals surface area contributed by atoms with Gasteiger partial charge < -0.3 is 10.6 Å². The molecule has 1 amide bonds. The van der Waals surface area contributed by atoms with Crippen molar-refractivity contribution in [3.63, 3.8) is 0 Å². The Kier molecular flexibility index (Phi) is 3.44. The van der Waals surface area contributed by atoms with E-state index in [0.29, 0.717) is 24.0 Å². The second kappa shape index (κ2) is 4.76. The van der Waals surface area contributed by atoms with Crippen molar-refractivity contribution in [2.24, 2.45) is 11.1 Å². The summed E-state index contributed by atoms with van der Waals surface area (Å²) in [6, 6.07) is 1.41. The van der Waals surface area contributed by atoms with Gasteiger partial charge in [0, 0.05) is 29.8 Å². The summed E-state index contributed by atoms with van der Waals surface area (Å²) in [4.78, 5) is 27.8. The summed E-state index contributed by atoms with van der Waals surface area (Å²) in [5, 5.41) is 11.1. The Labute approximate surface area is 118 Å². The van der Waals surface area contributed by atoms with Crippen LogP contribution in [0.25, 0.3) is 0 Å². The lowest BCUT2D eigenvalue weighted by molar-refractivity contribution is -0.384. The van der Waals surface area contributed by atoms with Crippen molar-refractivity contribution < 1.29 is 9.72 Å². The van der Waals surface area contributed by atoms with Crippen molar-refractivity contribution in [3.8, 4) is 0 Å². The number of carbonyl (C=O) groups is 1. The van der Waals surface area contributed by atoms with Crippen molar-refractivity contribution in [2.75, 3.05) is 18.0 Å². The third-order valence-electron chi connectivity index (χ3n) is 3.38. The van der Waals surface area contributed by atoms with Gasteiger partial charge in [-0.05, 0) is 29.3 Å². The Morgan fingerprint density at radius 1 is 1.68 bits per heavy atom. The van der Waals surface area contributed by atoms with E-state index < -0.39 is 16.2 Å². The highest BCUT2D eigenvalue weighted by Crippen LogP contribution is 2.36. The number of rotatable bonds is 3. The lowest BCUT2D eigenvalue weighted by atomic mass is 9.89. The molecule has 8 heteroatoms. The van der Waals surface area contributed by atoms with Crippen LogP contribution in [0.3, 0.4) is 0 Å². The molecule has 102 valence electrons. The summed E-state index contributed by atoms with van der Waals surface area (Å²) >= 11 is 3.16. The maximum absolute atomic E-state index is 11.4. The number of amides is 1. The van der Waals surface area contributed by atoms with E-state index in [1.165, 1.54) is 12.3 Å². The van der Waals surface area contributed by atoms with Gasteiger partial charge >= 0.3 is 5.69 Å². The van der Waals surface area contributed by atoms with E-state index in [0.717, 1.165) is 0 Å². The number of pyridine rings is 1. The van der Waals surface area contributed by atoms with Crippen LogP contribution in [0.4, 0.5) is 11.5 Å². The standard InChI is InChI=1S/C11H13BrN4O3/c1-11(10(13)17)2-3-15(6-11)9-8(16(18)19)4-7(12)5-14-9/h4-5H,2-3,6H2,1H3,(H2,13,17). The van der Waals surface area contributed by atoms with Crippen LogP contribution in [0, 0.1) is 15.5 Å². The lowest BCUT2D eigenvalue weighted by Gasteiger charge is -2.21. The minimum absolute atomic E-state index is 0.0805. The van der Waals surface area contributed by atoms with E-state index in [1.54, 1.807) is 11.8 Å². The number of nitrogens with two attached hydrogens (primary N) is 1. The summed E-state index contributed by atoms with van der Waals surface area (Å²) in [7, 11) is 0. The van der Waals surface area contributed by atoms with Crippen molar-refractivity contribution >= 4 is 33.3 Å². The SMILES string of the molecule is CC1(C(N)=O)CCN(c2ncc(Br)cc2[N+](=O)[O-])C1. The van der Waals surface area contributed by atoms with Crippen molar-refractivity contribution in [2.45, 2.75) is 13.3 Å². The molecule has 1 atom stereocenters. The van der Waals surface area contributed by atoms with Gasteiger partial charge in [-0.1, -0.05) is 0 Å². The average molecular weight is 329 g/mol. The largest absolute Gasteiger partial charge is 0.369 e. The van der Waals surface area contributed by atoms with Crippen LogP contribution in [-0.4, -0.2) is 28.9 Å². The van der Waals surface area contributed by atoms with Gasteiger partial charge in [0.15, 0.2) is 0 Å². The van der Waals surface area contributed by atoms with E-state index in [-0.39, 0.29) is 11.5 Å². The van der Waals surface area contributed by atoms with E-state index >= 15 is 0 Å². The molecule has 1 aromatic rings. The molecule has 0 saturated carbocycles. The van der Waals surface area contributed by atoms with Crippen LogP contribution in [0.5, 0.6) is 0 Å². The molecule has 0 spiro atoms. The molecule has 1 aliphatic rings. The zero-order valence-corrected chi connectivity index (χ0v) is 11.9. The maximum Gasteiger partial charge on any atom is 0.312 e. The Morgan fingerprint density at radius 2 is 2.37 bits per heavy atom. The number of halogens is 1. The molecule has 0 radical (unpaired) electrons. The first-order chi connectivity index (χ1) is 8.83. The molecule has 19 heavy (non-hydrogen) atoms. The van der Waals surface area contributed by atoms with Gasteiger partial charge in [0.05, 0.1) is 10.3 Å². The zero-order valence-electron chi connectivity index (χ0n) is 10.3. The van der Waals surface area contributed by atoms with Gasteiger partial charge in [-0.15, -0.1) is 0 Å². The maximum atomic E-state index is 11.4. The first-order valence-electron chi connectivity index (χ1n) is 5.68. The highest BCUT2D eigenvalue weighted by Gasteiger charge is 2.41. The molecule has 2 heterocycles. The quantitative estimate of drug-likeness (QED) is 0.668. The van der Waals surface area contributed by atoms with Crippen molar-refractivity contribution in [1.82, 2.24) is 4.98 Å². The number of anilines is 1. The van der Waals surface area contributed by atoms with E-state index in [1.807, 2.05) is 0 Å². The molecule has 0 bridgehead atoms. The highest BCUT2D eigenvalue weighted by molar-refractivity contribution is 9.10. The van der Waals surface area contributed by atoms with Crippen molar-refractivity contribution in [3.05, 3.63) is 26.9 Å². The zero-order chi connectivity index (χ0) is 14.2. The second-order valence-electron chi connectivity index (χ2n) is 4.85. The Morgan fingerprint density at radius 3 is 2.89 bits per heavy atom. The molecule has 1 aromatic heterocycles. The molecule has 1 aliphatic heterocycles. The third kappa shape index (κ3) is 2.53. The number of carbonyl (C=O) groups excluding carboxylic acids is 1. The molecule has 1 saturated heterocycles. The Hall–Kier alpha value is -1.70. The smallest absolute Gasteiger partial charge is 0.312 e. The van der Waals surface area contributed by atoms with Crippen LogP contribution < -0.4 is 10.6 Å². The first-order valence-corrected chi connectivity index (χ1v) is 6.47. The highest BCUT2D eigenvalue weighted by atomic mass is 79.9. The summed E-state index contributed by atoms with van der Waals surface area (Å²) < 4.78 is 0.541. The minimum atomic E-state index is -0.664. The van der Waals surface area contributed by atoms with Crippen LogP contribution >= 0.6 is 15.9 Å². The van der Waals surface area contributed by atoms with Gasteiger partial charge in [0.1, 0.15) is 0 Å². The molecule has 1 unspecified atom stereocenters. The number of primary amides is 1. The Bertz CT molecular complexity index is 551.